The molecule has 84 valence electrons. The first-order chi connectivity index (χ1) is 7.66. The van der Waals surface area contributed by atoms with Gasteiger partial charge < -0.3 is 9.52 Å². The van der Waals surface area contributed by atoms with E-state index in [-0.39, 0.29) is 0 Å². The second-order valence-corrected chi connectivity index (χ2v) is 4.68. The van der Waals surface area contributed by atoms with E-state index in [1.54, 1.807) is 12.1 Å². The molecule has 0 aliphatic carbocycles. The molecule has 4 heteroatoms. The standard InChI is InChI=1S/C12H10BrClO2/c13-9-4-2-1-3-8(9)7-10(15)11-5-6-12(14)16-11/h1-6,10,15H,7H2. The van der Waals surface area contributed by atoms with Crippen molar-refractivity contribution in [2.24, 2.45) is 0 Å². The summed E-state index contributed by atoms with van der Waals surface area (Å²) in [6.45, 7) is 0. The summed E-state index contributed by atoms with van der Waals surface area (Å²) < 4.78 is 6.14. The summed E-state index contributed by atoms with van der Waals surface area (Å²) in [5.74, 6) is 0.487. The average molecular weight is 302 g/mol. The van der Waals surface area contributed by atoms with E-state index >= 15 is 0 Å². The highest BCUT2D eigenvalue weighted by Gasteiger charge is 2.13. The molecular weight excluding hydrogens is 291 g/mol. The second-order valence-electron chi connectivity index (χ2n) is 3.45. The fourth-order valence-electron chi connectivity index (χ4n) is 1.48. The van der Waals surface area contributed by atoms with Gasteiger partial charge in [-0.2, -0.15) is 0 Å². The Kier molecular flexibility index (Phi) is 3.69. The number of aliphatic hydroxyl groups excluding tert-OH is 1. The molecule has 0 saturated heterocycles. The zero-order valence-corrected chi connectivity index (χ0v) is 10.7. The summed E-state index contributed by atoms with van der Waals surface area (Å²) in [6.07, 6.45) is -0.183. The minimum Gasteiger partial charge on any atom is -0.447 e. The molecule has 1 unspecified atom stereocenters. The number of halogens is 2. The SMILES string of the molecule is OC(Cc1ccccc1Br)c1ccc(Cl)o1. The fraction of sp³-hybridized carbons (Fsp3) is 0.167. The summed E-state index contributed by atoms with van der Waals surface area (Å²) in [5, 5.41) is 10.2. The van der Waals surface area contributed by atoms with Crippen LogP contribution in [0.1, 0.15) is 17.4 Å². The van der Waals surface area contributed by atoms with Gasteiger partial charge in [0.15, 0.2) is 5.22 Å². The van der Waals surface area contributed by atoms with Gasteiger partial charge in [-0.05, 0) is 35.4 Å². The van der Waals surface area contributed by atoms with Crippen LogP contribution < -0.4 is 0 Å². The van der Waals surface area contributed by atoms with Crippen LogP contribution >= 0.6 is 27.5 Å². The normalized spacial score (nSPS) is 12.7. The molecule has 1 N–H and O–H groups in total. The van der Waals surface area contributed by atoms with Crippen LogP contribution in [-0.4, -0.2) is 5.11 Å². The van der Waals surface area contributed by atoms with Gasteiger partial charge in [0.05, 0.1) is 0 Å². The average Bonchev–Trinajstić information content (AvgIpc) is 2.68. The third-order valence-electron chi connectivity index (χ3n) is 2.29. The van der Waals surface area contributed by atoms with Crippen LogP contribution in [0.15, 0.2) is 45.3 Å². The topological polar surface area (TPSA) is 33.4 Å². The predicted octanol–water partition coefficient (Wildman–Crippen LogP) is 3.97. The first-order valence-electron chi connectivity index (χ1n) is 4.83. The van der Waals surface area contributed by atoms with Gasteiger partial charge in [-0.3, -0.25) is 0 Å². The van der Waals surface area contributed by atoms with Gasteiger partial charge in [0.25, 0.3) is 0 Å². The van der Waals surface area contributed by atoms with E-state index in [1.807, 2.05) is 24.3 Å². The van der Waals surface area contributed by atoms with Crippen LogP contribution in [0.2, 0.25) is 5.22 Å². The Balaban J connectivity index is 2.13. The summed E-state index contributed by atoms with van der Waals surface area (Å²) >= 11 is 9.09. The minimum atomic E-state index is -0.675. The van der Waals surface area contributed by atoms with Crippen molar-refractivity contribution in [2.75, 3.05) is 0 Å². The maximum atomic E-state index is 9.94. The molecule has 2 nitrogen and oxygen atoms in total. The van der Waals surface area contributed by atoms with Crippen LogP contribution in [0.5, 0.6) is 0 Å². The lowest BCUT2D eigenvalue weighted by Gasteiger charge is -2.09. The number of furan rings is 1. The lowest BCUT2D eigenvalue weighted by atomic mass is 10.1. The van der Waals surface area contributed by atoms with Crippen LogP contribution in [0.25, 0.3) is 0 Å². The molecule has 1 atom stereocenters. The predicted molar refractivity (Wildman–Crippen MR) is 66.5 cm³/mol. The molecular formula is C12H10BrClO2. The molecule has 0 aliphatic heterocycles. The third-order valence-corrected chi connectivity index (χ3v) is 3.27. The van der Waals surface area contributed by atoms with Crippen molar-refractivity contribution in [1.82, 2.24) is 0 Å². The van der Waals surface area contributed by atoms with Crippen molar-refractivity contribution in [3.8, 4) is 0 Å². The highest BCUT2D eigenvalue weighted by atomic mass is 79.9. The largest absolute Gasteiger partial charge is 0.447 e. The maximum absolute atomic E-state index is 9.94. The Morgan fingerprint density at radius 2 is 2.00 bits per heavy atom. The quantitative estimate of drug-likeness (QED) is 0.930. The fourth-order valence-corrected chi connectivity index (χ4v) is 2.08. The molecule has 1 aromatic heterocycles. The lowest BCUT2D eigenvalue weighted by Crippen LogP contribution is -2.00. The van der Waals surface area contributed by atoms with Crippen LogP contribution in [0, 0.1) is 0 Å². The molecule has 0 radical (unpaired) electrons. The van der Waals surface area contributed by atoms with E-state index in [9.17, 15) is 5.11 Å². The number of hydrogen-bond donors (Lipinski definition) is 1. The summed E-state index contributed by atoms with van der Waals surface area (Å²) in [7, 11) is 0. The number of benzene rings is 1. The first-order valence-corrected chi connectivity index (χ1v) is 6.00. The molecule has 2 rings (SSSR count). The van der Waals surface area contributed by atoms with Gasteiger partial charge in [0, 0.05) is 10.9 Å². The molecule has 0 spiro atoms. The molecule has 0 bridgehead atoms. The van der Waals surface area contributed by atoms with E-state index in [1.165, 1.54) is 0 Å². The van der Waals surface area contributed by atoms with E-state index in [2.05, 4.69) is 15.9 Å². The monoisotopic (exact) mass is 300 g/mol. The van der Waals surface area contributed by atoms with Gasteiger partial charge >= 0.3 is 0 Å². The molecule has 0 fully saturated rings. The zero-order chi connectivity index (χ0) is 11.5. The highest BCUT2D eigenvalue weighted by Crippen LogP contribution is 2.26. The Morgan fingerprint density at radius 1 is 1.25 bits per heavy atom. The molecule has 0 aliphatic rings. The highest BCUT2D eigenvalue weighted by molar-refractivity contribution is 9.10. The van der Waals surface area contributed by atoms with Gasteiger partial charge in [-0.1, -0.05) is 34.1 Å². The van der Waals surface area contributed by atoms with Gasteiger partial charge in [0.2, 0.25) is 0 Å². The molecule has 1 aromatic carbocycles. The van der Waals surface area contributed by atoms with E-state index in [0.717, 1.165) is 10.0 Å². The summed E-state index contributed by atoms with van der Waals surface area (Å²) in [4.78, 5) is 0. The molecule has 0 amide bonds. The Labute approximate surface area is 107 Å². The summed E-state index contributed by atoms with van der Waals surface area (Å²) in [5.41, 5.74) is 1.03. The lowest BCUT2D eigenvalue weighted by molar-refractivity contribution is 0.150. The van der Waals surface area contributed by atoms with E-state index in [4.69, 9.17) is 16.0 Å². The smallest absolute Gasteiger partial charge is 0.193 e. The molecule has 16 heavy (non-hydrogen) atoms. The number of hydrogen-bond acceptors (Lipinski definition) is 2. The Morgan fingerprint density at radius 3 is 2.62 bits per heavy atom. The molecule has 0 saturated carbocycles. The van der Waals surface area contributed by atoms with Crippen LogP contribution in [0.4, 0.5) is 0 Å². The van der Waals surface area contributed by atoms with Gasteiger partial charge in [-0.15, -0.1) is 0 Å². The Bertz CT molecular complexity index is 481. The second kappa shape index (κ2) is 5.04. The van der Waals surface area contributed by atoms with E-state index < -0.39 is 6.10 Å². The van der Waals surface area contributed by atoms with Crippen molar-refractivity contribution < 1.29 is 9.52 Å². The van der Waals surface area contributed by atoms with Crippen molar-refractivity contribution in [3.63, 3.8) is 0 Å². The first kappa shape index (κ1) is 11.7. The van der Waals surface area contributed by atoms with Crippen molar-refractivity contribution in [3.05, 3.63) is 57.4 Å². The van der Waals surface area contributed by atoms with Crippen molar-refractivity contribution in [1.29, 1.82) is 0 Å². The summed E-state index contributed by atoms with van der Waals surface area (Å²) in [6, 6.07) is 11.1. The van der Waals surface area contributed by atoms with Crippen molar-refractivity contribution >= 4 is 27.5 Å². The molecule has 2 aromatic rings. The van der Waals surface area contributed by atoms with Crippen LogP contribution in [0.3, 0.4) is 0 Å². The van der Waals surface area contributed by atoms with Gasteiger partial charge in [-0.25, -0.2) is 0 Å². The third kappa shape index (κ3) is 2.67. The van der Waals surface area contributed by atoms with E-state index in [0.29, 0.717) is 17.4 Å². The number of aliphatic hydroxyl groups is 1. The minimum absolute atomic E-state index is 0.293. The Hall–Kier alpha value is -0.770. The number of rotatable bonds is 3. The zero-order valence-electron chi connectivity index (χ0n) is 8.36. The van der Waals surface area contributed by atoms with Crippen molar-refractivity contribution in [2.45, 2.75) is 12.5 Å². The van der Waals surface area contributed by atoms with Crippen LogP contribution in [-0.2, 0) is 6.42 Å². The molecule has 1 heterocycles. The maximum Gasteiger partial charge on any atom is 0.193 e. The van der Waals surface area contributed by atoms with Gasteiger partial charge in [0.1, 0.15) is 11.9 Å².